The lowest BCUT2D eigenvalue weighted by Gasteiger charge is -2.44. The van der Waals surface area contributed by atoms with Gasteiger partial charge in [0.2, 0.25) is 5.91 Å². The van der Waals surface area contributed by atoms with Crippen LogP contribution in [-0.2, 0) is 25.4 Å². The summed E-state index contributed by atoms with van der Waals surface area (Å²) in [6.45, 7) is 7.51. The molecule has 4 rings (SSSR count). The summed E-state index contributed by atoms with van der Waals surface area (Å²) in [5.41, 5.74) is 1.30. The van der Waals surface area contributed by atoms with Crippen molar-refractivity contribution in [3.05, 3.63) is 35.9 Å². The Balaban J connectivity index is 1.22. The van der Waals surface area contributed by atoms with Crippen LogP contribution < -0.4 is 5.32 Å². The number of carbonyl (C=O) groups is 1. The molecule has 0 radical (unpaired) electrons. The minimum Gasteiger partial charge on any atom is -0.389 e. The zero-order chi connectivity index (χ0) is 23.6. The van der Waals surface area contributed by atoms with Gasteiger partial charge in [-0.2, -0.15) is 0 Å². The van der Waals surface area contributed by atoms with E-state index in [0.29, 0.717) is 32.7 Å². The first kappa shape index (κ1) is 25.5. The minimum atomic E-state index is -0.488. The Morgan fingerprint density at radius 3 is 2.71 bits per heavy atom. The highest BCUT2D eigenvalue weighted by Crippen LogP contribution is 2.28. The molecule has 2 N–H and O–H groups in total. The first-order valence-corrected chi connectivity index (χ1v) is 12.9. The van der Waals surface area contributed by atoms with Crippen LogP contribution in [-0.4, -0.2) is 111 Å². The lowest BCUT2D eigenvalue weighted by molar-refractivity contribution is -0.156. The molecule has 1 amide bonds. The highest BCUT2D eigenvalue weighted by molar-refractivity contribution is 5.76. The third-order valence-corrected chi connectivity index (χ3v) is 7.11. The van der Waals surface area contributed by atoms with E-state index in [1.807, 2.05) is 6.07 Å². The fraction of sp³-hybridized carbons (Fsp3) is 0.731. The molecular weight excluding hydrogens is 434 g/mol. The summed E-state index contributed by atoms with van der Waals surface area (Å²) in [7, 11) is 0. The van der Waals surface area contributed by atoms with E-state index in [-0.39, 0.29) is 24.2 Å². The van der Waals surface area contributed by atoms with Crippen LogP contribution in [0.25, 0.3) is 0 Å². The van der Waals surface area contributed by atoms with Gasteiger partial charge in [-0.3, -0.25) is 14.6 Å². The Hall–Kier alpha value is -1.55. The zero-order valence-electron chi connectivity index (χ0n) is 20.3. The number of rotatable bonds is 9. The van der Waals surface area contributed by atoms with Crippen LogP contribution in [0, 0.1) is 0 Å². The summed E-state index contributed by atoms with van der Waals surface area (Å²) in [5, 5.41) is 13.4. The SMILES string of the molecule is O=C(C[C@@H]1CC[C@H]2[C@@H](COC[C@@H](O)CN2CCc2ccccc2)O1)NCCCN1CCOCC1. The second-order valence-corrected chi connectivity index (χ2v) is 9.72. The number of nitrogens with one attached hydrogen (secondary N) is 1. The van der Waals surface area contributed by atoms with E-state index in [1.165, 1.54) is 5.56 Å². The smallest absolute Gasteiger partial charge is 0.222 e. The van der Waals surface area contributed by atoms with E-state index in [1.54, 1.807) is 0 Å². The monoisotopic (exact) mass is 475 g/mol. The molecule has 0 bridgehead atoms. The van der Waals surface area contributed by atoms with Crippen molar-refractivity contribution in [2.24, 2.45) is 0 Å². The van der Waals surface area contributed by atoms with Crippen LogP contribution in [0.4, 0.5) is 0 Å². The number of nitrogens with zero attached hydrogens (tertiary/aromatic N) is 2. The molecule has 0 saturated carbocycles. The Morgan fingerprint density at radius 2 is 1.88 bits per heavy atom. The van der Waals surface area contributed by atoms with E-state index >= 15 is 0 Å². The number of ether oxygens (including phenoxy) is 3. The molecule has 3 aliphatic rings. The predicted molar refractivity (Wildman–Crippen MR) is 130 cm³/mol. The first-order valence-electron chi connectivity index (χ1n) is 12.9. The molecular formula is C26H41N3O5. The molecule has 0 unspecified atom stereocenters. The van der Waals surface area contributed by atoms with Gasteiger partial charge in [0.1, 0.15) is 0 Å². The van der Waals surface area contributed by atoms with E-state index < -0.39 is 6.10 Å². The van der Waals surface area contributed by atoms with Crippen molar-refractivity contribution in [1.29, 1.82) is 0 Å². The number of hydrogen-bond acceptors (Lipinski definition) is 7. The van der Waals surface area contributed by atoms with Gasteiger partial charge in [0, 0.05) is 38.8 Å². The summed E-state index contributed by atoms with van der Waals surface area (Å²) >= 11 is 0. The summed E-state index contributed by atoms with van der Waals surface area (Å²) in [5.74, 6) is 0.0635. The van der Waals surface area contributed by atoms with Crippen LogP contribution >= 0.6 is 0 Å². The average Bonchev–Trinajstić information content (AvgIpc) is 2.85. The van der Waals surface area contributed by atoms with Gasteiger partial charge in [0.05, 0.1) is 51.2 Å². The van der Waals surface area contributed by atoms with Crippen LogP contribution in [0.3, 0.4) is 0 Å². The average molecular weight is 476 g/mol. The van der Waals surface area contributed by atoms with E-state index in [0.717, 1.165) is 65.1 Å². The molecule has 0 aliphatic carbocycles. The largest absolute Gasteiger partial charge is 0.389 e. The normalized spacial score (nSPS) is 29.1. The van der Waals surface area contributed by atoms with E-state index in [2.05, 4.69) is 39.4 Å². The quantitative estimate of drug-likeness (QED) is 0.517. The summed E-state index contributed by atoms with van der Waals surface area (Å²) < 4.78 is 17.5. The standard InChI is InChI=1S/C26H41N3O5/c30-22-18-29(12-9-21-5-2-1-3-6-21)24-8-7-23(34-25(24)20-33-19-22)17-26(31)27-10-4-11-28-13-15-32-16-14-28/h1-3,5-6,22-25,30H,4,7-20H2,(H,27,31)/t22-,23-,24-,25+/m0/s1. The maximum absolute atomic E-state index is 12.5. The highest BCUT2D eigenvalue weighted by atomic mass is 16.5. The first-order chi connectivity index (χ1) is 16.7. The molecule has 190 valence electrons. The Bertz CT molecular complexity index is 730. The molecule has 34 heavy (non-hydrogen) atoms. The molecule has 3 aliphatic heterocycles. The molecule has 3 heterocycles. The van der Waals surface area contributed by atoms with Crippen molar-refractivity contribution in [3.8, 4) is 0 Å². The van der Waals surface area contributed by atoms with Gasteiger partial charge >= 0.3 is 0 Å². The lowest BCUT2D eigenvalue weighted by Crippen LogP contribution is -2.56. The molecule has 1 aromatic rings. The summed E-state index contributed by atoms with van der Waals surface area (Å²) in [6, 6.07) is 10.7. The number of β-amino-alcohol motifs (C(OH)–C–C–N with tert-alkyl or cyclic N) is 1. The topological polar surface area (TPSA) is 83.5 Å². The zero-order valence-corrected chi connectivity index (χ0v) is 20.3. The van der Waals surface area contributed by atoms with Gasteiger partial charge in [-0.25, -0.2) is 0 Å². The molecule has 4 atom stereocenters. The van der Waals surface area contributed by atoms with E-state index in [9.17, 15) is 9.90 Å². The number of fused-ring (bicyclic) bond motifs is 1. The fourth-order valence-electron chi connectivity index (χ4n) is 5.25. The molecule has 8 nitrogen and oxygen atoms in total. The minimum absolute atomic E-state index is 0.0635. The van der Waals surface area contributed by atoms with Gasteiger partial charge in [-0.15, -0.1) is 0 Å². The maximum atomic E-state index is 12.5. The number of amides is 1. The van der Waals surface area contributed by atoms with Crippen molar-refractivity contribution in [2.75, 3.05) is 65.7 Å². The van der Waals surface area contributed by atoms with Crippen molar-refractivity contribution in [1.82, 2.24) is 15.1 Å². The summed E-state index contributed by atoms with van der Waals surface area (Å²) in [6.07, 6.45) is 3.44. The van der Waals surface area contributed by atoms with Gasteiger partial charge in [-0.05, 0) is 37.8 Å². The number of aliphatic hydroxyl groups is 1. The Morgan fingerprint density at radius 1 is 1.06 bits per heavy atom. The number of hydrogen-bond donors (Lipinski definition) is 2. The van der Waals surface area contributed by atoms with Crippen LogP contribution in [0.5, 0.6) is 0 Å². The molecule has 3 saturated heterocycles. The third-order valence-electron chi connectivity index (χ3n) is 7.11. The van der Waals surface area contributed by atoms with Crippen LogP contribution in [0.2, 0.25) is 0 Å². The molecule has 0 aromatic heterocycles. The number of morpholine rings is 1. The Labute approximate surface area is 203 Å². The third kappa shape index (κ3) is 8.00. The van der Waals surface area contributed by atoms with Crippen molar-refractivity contribution in [2.45, 2.75) is 56.5 Å². The van der Waals surface area contributed by atoms with Crippen LogP contribution in [0.1, 0.15) is 31.2 Å². The molecule has 1 aromatic carbocycles. The molecule has 8 heteroatoms. The lowest BCUT2D eigenvalue weighted by atomic mass is 9.94. The van der Waals surface area contributed by atoms with Crippen molar-refractivity contribution in [3.63, 3.8) is 0 Å². The van der Waals surface area contributed by atoms with E-state index in [4.69, 9.17) is 14.2 Å². The molecule has 0 spiro atoms. The second kappa shape index (κ2) is 13.5. The van der Waals surface area contributed by atoms with Gasteiger partial charge in [0.15, 0.2) is 0 Å². The maximum Gasteiger partial charge on any atom is 0.222 e. The van der Waals surface area contributed by atoms with Crippen molar-refractivity contribution >= 4 is 5.91 Å². The van der Waals surface area contributed by atoms with Gasteiger partial charge in [0.25, 0.3) is 0 Å². The number of aliphatic hydroxyl groups excluding tert-OH is 1. The summed E-state index contributed by atoms with van der Waals surface area (Å²) in [4.78, 5) is 17.3. The van der Waals surface area contributed by atoms with Crippen LogP contribution in [0.15, 0.2) is 30.3 Å². The van der Waals surface area contributed by atoms with Crippen molar-refractivity contribution < 1.29 is 24.1 Å². The number of benzene rings is 1. The number of carbonyl (C=O) groups excluding carboxylic acids is 1. The molecule has 3 fully saturated rings. The van der Waals surface area contributed by atoms with Gasteiger partial charge < -0.3 is 24.6 Å². The second-order valence-electron chi connectivity index (χ2n) is 9.72. The Kier molecular flexibility index (Phi) is 10.2. The highest BCUT2D eigenvalue weighted by Gasteiger charge is 2.37. The predicted octanol–water partition coefficient (Wildman–Crippen LogP) is 1.07. The van der Waals surface area contributed by atoms with Gasteiger partial charge in [-0.1, -0.05) is 30.3 Å². The fourth-order valence-corrected chi connectivity index (χ4v) is 5.25.